The van der Waals surface area contributed by atoms with Gasteiger partial charge in [0.05, 0.1) is 11.9 Å². The first-order valence-corrected chi connectivity index (χ1v) is 14.1. The average Bonchev–Trinajstić information content (AvgIpc) is 2.80. The normalized spacial score (nSPS) is 12.2. The fraction of sp³-hybridized carbons (Fsp3) is 0.440. The fourth-order valence-electron chi connectivity index (χ4n) is 3.62. The van der Waals surface area contributed by atoms with Gasteiger partial charge in [-0.3, -0.25) is 13.9 Å². The van der Waals surface area contributed by atoms with Gasteiger partial charge in [-0.2, -0.15) is 0 Å². The summed E-state index contributed by atoms with van der Waals surface area (Å²) in [5.74, 6) is -0.514. The van der Waals surface area contributed by atoms with Gasteiger partial charge in [-0.15, -0.1) is 0 Å². The molecule has 0 aliphatic carbocycles. The van der Waals surface area contributed by atoms with Crippen molar-refractivity contribution in [3.05, 3.63) is 63.6 Å². The predicted molar refractivity (Wildman–Crippen MR) is 142 cm³/mol. The minimum Gasteiger partial charge on any atom is -0.354 e. The molecule has 0 fully saturated rings. The van der Waals surface area contributed by atoms with Crippen LogP contribution < -0.4 is 9.62 Å². The summed E-state index contributed by atoms with van der Waals surface area (Å²) in [6.45, 7) is 6.21. The van der Waals surface area contributed by atoms with Gasteiger partial charge in [0, 0.05) is 36.1 Å². The maximum absolute atomic E-state index is 13.3. The summed E-state index contributed by atoms with van der Waals surface area (Å²) in [7, 11) is -3.60. The number of rotatable bonds is 12. The van der Waals surface area contributed by atoms with Crippen LogP contribution in [0, 0.1) is 6.92 Å². The lowest BCUT2D eigenvalue weighted by Gasteiger charge is -2.30. The summed E-state index contributed by atoms with van der Waals surface area (Å²) in [6, 6.07) is 11.5. The van der Waals surface area contributed by atoms with Crippen LogP contribution in [0.25, 0.3) is 0 Å². The van der Waals surface area contributed by atoms with Crippen molar-refractivity contribution in [1.29, 1.82) is 0 Å². The van der Waals surface area contributed by atoms with E-state index in [1.165, 1.54) is 9.21 Å². The quantitative estimate of drug-likeness (QED) is 0.418. The van der Waals surface area contributed by atoms with Crippen LogP contribution in [0.1, 0.15) is 44.2 Å². The van der Waals surface area contributed by atoms with Gasteiger partial charge in [0.1, 0.15) is 6.04 Å². The molecule has 7 nitrogen and oxygen atoms in total. The molecule has 0 aliphatic rings. The van der Waals surface area contributed by atoms with Crippen LogP contribution in [0.15, 0.2) is 42.5 Å². The van der Waals surface area contributed by atoms with Crippen LogP contribution in [0.4, 0.5) is 5.69 Å². The number of nitrogens with zero attached hydrogens (tertiary/aromatic N) is 2. The minimum atomic E-state index is -3.60. The van der Waals surface area contributed by atoms with E-state index < -0.39 is 16.1 Å². The van der Waals surface area contributed by atoms with E-state index in [0.717, 1.165) is 23.8 Å². The first-order chi connectivity index (χ1) is 16.5. The van der Waals surface area contributed by atoms with Gasteiger partial charge < -0.3 is 10.2 Å². The van der Waals surface area contributed by atoms with Gasteiger partial charge in [0.2, 0.25) is 21.8 Å². The van der Waals surface area contributed by atoms with Gasteiger partial charge in [-0.25, -0.2) is 8.42 Å². The minimum absolute atomic E-state index is 0.0570. The molecule has 0 radical (unpaired) electrons. The molecule has 192 valence electrons. The zero-order valence-corrected chi connectivity index (χ0v) is 22.9. The highest BCUT2D eigenvalue weighted by atomic mass is 35.5. The number of halogens is 2. The molecule has 0 saturated heterocycles. The Morgan fingerprint density at radius 2 is 1.80 bits per heavy atom. The molecule has 0 unspecified atom stereocenters. The Labute approximate surface area is 218 Å². The van der Waals surface area contributed by atoms with Gasteiger partial charge in [-0.05, 0) is 56.0 Å². The Kier molecular flexibility index (Phi) is 10.9. The van der Waals surface area contributed by atoms with Gasteiger partial charge in [0.25, 0.3) is 0 Å². The molecule has 0 heterocycles. The van der Waals surface area contributed by atoms with Gasteiger partial charge in [-0.1, -0.05) is 54.4 Å². The molecule has 0 bridgehead atoms. The smallest absolute Gasteiger partial charge is 0.242 e. The Morgan fingerprint density at radius 1 is 1.11 bits per heavy atom. The van der Waals surface area contributed by atoms with Crippen LogP contribution in [0.2, 0.25) is 10.0 Å². The number of aryl methyl sites for hydroxylation is 1. The predicted octanol–water partition coefficient (Wildman–Crippen LogP) is 4.79. The van der Waals surface area contributed by atoms with E-state index in [1.54, 1.807) is 44.2 Å². The maximum atomic E-state index is 13.3. The van der Waals surface area contributed by atoms with E-state index in [1.807, 2.05) is 19.1 Å². The van der Waals surface area contributed by atoms with E-state index >= 15 is 0 Å². The molecule has 0 aromatic heterocycles. The number of hydrogen-bond acceptors (Lipinski definition) is 4. The third kappa shape index (κ3) is 8.40. The van der Waals surface area contributed by atoms with Crippen molar-refractivity contribution in [2.24, 2.45) is 0 Å². The van der Waals surface area contributed by atoms with Crippen molar-refractivity contribution < 1.29 is 18.0 Å². The van der Waals surface area contributed by atoms with Crippen molar-refractivity contribution in [3.8, 4) is 0 Å². The molecule has 2 aromatic carbocycles. The number of anilines is 1. The first kappa shape index (κ1) is 28.9. The maximum Gasteiger partial charge on any atom is 0.242 e. The van der Waals surface area contributed by atoms with Crippen molar-refractivity contribution in [3.63, 3.8) is 0 Å². The first-order valence-electron chi connectivity index (χ1n) is 11.5. The third-order valence-electron chi connectivity index (χ3n) is 5.61. The Bertz CT molecular complexity index is 1140. The number of carbonyl (C=O) groups is 2. The summed E-state index contributed by atoms with van der Waals surface area (Å²) in [5.41, 5.74) is 1.96. The number of carbonyl (C=O) groups excluding carboxylic acids is 2. The molecular formula is C25H33Cl2N3O4S. The molecule has 0 aliphatic heterocycles. The molecule has 1 atom stereocenters. The van der Waals surface area contributed by atoms with E-state index in [4.69, 9.17) is 23.2 Å². The Hall–Kier alpha value is -2.29. The zero-order valence-electron chi connectivity index (χ0n) is 20.6. The van der Waals surface area contributed by atoms with E-state index in [9.17, 15) is 18.0 Å². The largest absolute Gasteiger partial charge is 0.354 e. The fourth-order valence-corrected chi connectivity index (χ4v) is 5.00. The molecule has 2 aromatic rings. The van der Waals surface area contributed by atoms with Crippen molar-refractivity contribution in [2.45, 2.75) is 52.6 Å². The summed E-state index contributed by atoms with van der Waals surface area (Å²) < 4.78 is 26.3. The molecular weight excluding hydrogens is 509 g/mol. The Balaban J connectivity index is 2.20. The lowest BCUT2D eigenvalue weighted by Crippen LogP contribution is -2.48. The van der Waals surface area contributed by atoms with Crippen molar-refractivity contribution in [1.82, 2.24) is 10.2 Å². The van der Waals surface area contributed by atoms with E-state index in [2.05, 4.69) is 5.32 Å². The van der Waals surface area contributed by atoms with Crippen LogP contribution in [0.3, 0.4) is 0 Å². The molecule has 10 heteroatoms. The second kappa shape index (κ2) is 13.1. The number of hydrogen-bond donors (Lipinski definition) is 1. The standard InChI is InChI=1S/C25H33Cl2N3O4S/c1-5-14-28-25(32)19(3)29(17-20-9-6-7-10-22(20)27)24(31)11-8-15-30(35(4,33)34)23-16-21(26)13-12-18(23)2/h6-7,9-10,12-13,16,19H,5,8,11,14-15,17H2,1-4H3,(H,28,32)/t19-/m1/s1. The monoisotopic (exact) mass is 541 g/mol. The second-order valence-electron chi connectivity index (χ2n) is 8.45. The molecule has 0 saturated carbocycles. The Morgan fingerprint density at radius 3 is 2.43 bits per heavy atom. The number of sulfonamides is 1. The number of amides is 2. The highest BCUT2D eigenvalue weighted by Crippen LogP contribution is 2.27. The highest BCUT2D eigenvalue weighted by molar-refractivity contribution is 7.92. The topological polar surface area (TPSA) is 86.8 Å². The summed E-state index contributed by atoms with van der Waals surface area (Å²) in [4.78, 5) is 27.4. The lowest BCUT2D eigenvalue weighted by atomic mass is 10.1. The van der Waals surface area contributed by atoms with Crippen molar-refractivity contribution >= 4 is 50.7 Å². The average molecular weight is 543 g/mol. The number of nitrogens with one attached hydrogen (secondary N) is 1. The van der Waals surface area contributed by atoms with Crippen LogP contribution in [-0.4, -0.2) is 50.5 Å². The highest BCUT2D eigenvalue weighted by Gasteiger charge is 2.27. The molecule has 1 N–H and O–H groups in total. The van der Waals surface area contributed by atoms with Crippen LogP contribution in [0.5, 0.6) is 0 Å². The molecule has 35 heavy (non-hydrogen) atoms. The number of benzene rings is 2. The van der Waals surface area contributed by atoms with E-state index in [-0.39, 0.29) is 37.7 Å². The van der Waals surface area contributed by atoms with Gasteiger partial charge in [0.15, 0.2) is 0 Å². The summed E-state index contributed by atoms with van der Waals surface area (Å²) in [5, 5.41) is 3.76. The van der Waals surface area contributed by atoms with Gasteiger partial charge >= 0.3 is 0 Å². The lowest BCUT2D eigenvalue weighted by molar-refractivity contribution is -0.140. The summed E-state index contributed by atoms with van der Waals surface area (Å²) in [6.07, 6.45) is 2.22. The van der Waals surface area contributed by atoms with Crippen molar-refractivity contribution in [2.75, 3.05) is 23.7 Å². The molecule has 2 rings (SSSR count). The van der Waals surface area contributed by atoms with Crippen LogP contribution >= 0.6 is 23.2 Å². The summed E-state index contributed by atoms with van der Waals surface area (Å²) >= 11 is 12.4. The molecule has 0 spiro atoms. The SMILES string of the molecule is CCCNC(=O)[C@@H](C)N(Cc1ccccc1Cl)C(=O)CCCN(c1cc(Cl)ccc1C)S(C)(=O)=O. The second-order valence-corrected chi connectivity index (χ2v) is 11.2. The third-order valence-corrected chi connectivity index (χ3v) is 7.39. The zero-order chi connectivity index (χ0) is 26.2. The van der Waals surface area contributed by atoms with Crippen LogP contribution in [-0.2, 0) is 26.2 Å². The molecule has 2 amide bonds. The van der Waals surface area contributed by atoms with E-state index in [0.29, 0.717) is 22.3 Å².